The monoisotopic (exact) mass is 347 g/mol. The fourth-order valence-corrected chi connectivity index (χ4v) is 3.06. The third kappa shape index (κ3) is 6.05. The first kappa shape index (κ1) is 19.2. The van der Waals surface area contributed by atoms with Crippen LogP contribution in [0.25, 0.3) is 0 Å². The van der Waals surface area contributed by atoms with E-state index >= 15 is 0 Å². The maximum Gasteiger partial charge on any atom is 0.315 e. The van der Waals surface area contributed by atoms with E-state index in [1.54, 1.807) is 0 Å². The molecule has 2 rings (SSSR count). The van der Waals surface area contributed by atoms with E-state index in [1.165, 1.54) is 5.56 Å². The van der Waals surface area contributed by atoms with Crippen LogP contribution in [0.15, 0.2) is 24.3 Å². The van der Waals surface area contributed by atoms with Crippen LogP contribution < -0.4 is 16.4 Å². The second-order valence-corrected chi connectivity index (χ2v) is 7.12. The van der Waals surface area contributed by atoms with Gasteiger partial charge in [-0.2, -0.15) is 0 Å². The van der Waals surface area contributed by atoms with Gasteiger partial charge in [-0.1, -0.05) is 38.1 Å². The lowest BCUT2D eigenvalue weighted by Crippen LogP contribution is -2.40. The molecule has 0 aliphatic carbocycles. The van der Waals surface area contributed by atoms with Crippen molar-refractivity contribution in [3.05, 3.63) is 35.4 Å². The van der Waals surface area contributed by atoms with Crippen LogP contribution in [0.5, 0.6) is 0 Å². The Morgan fingerprint density at radius 3 is 2.44 bits per heavy atom. The van der Waals surface area contributed by atoms with Gasteiger partial charge in [-0.15, -0.1) is 0 Å². The van der Waals surface area contributed by atoms with E-state index in [0.29, 0.717) is 25.5 Å². The van der Waals surface area contributed by atoms with Gasteiger partial charge < -0.3 is 21.1 Å². The molecule has 6 heteroatoms. The van der Waals surface area contributed by atoms with E-state index in [2.05, 4.69) is 48.7 Å². The van der Waals surface area contributed by atoms with Crippen LogP contribution in [0.4, 0.5) is 4.79 Å². The second-order valence-electron chi connectivity index (χ2n) is 7.12. The first-order valence-corrected chi connectivity index (χ1v) is 8.89. The molecule has 4 N–H and O–H groups in total. The Labute approximate surface area is 149 Å². The molecule has 1 aliphatic rings. The summed E-state index contributed by atoms with van der Waals surface area (Å²) in [5.74, 6) is 0.341. The van der Waals surface area contributed by atoms with Crippen LogP contribution in [0, 0.1) is 5.92 Å². The van der Waals surface area contributed by atoms with Gasteiger partial charge in [-0.05, 0) is 36.3 Å². The smallest absolute Gasteiger partial charge is 0.315 e. The number of nitrogens with two attached hydrogens (primary N) is 1. The molecular weight excluding hydrogens is 318 g/mol. The van der Waals surface area contributed by atoms with Gasteiger partial charge in [0.2, 0.25) is 5.91 Å². The Bertz CT molecular complexity index is 586. The van der Waals surface area contributed by atoms with Gasteiger partial charge in [-0.3, -0.25) is 4.79 Å². The van der Waals surface area contributed by atoms with Crippen molar-refractivity contribution in [3.63, 3.8) is 0 Å². The van der Waals surface area contributed by atoms with Crippen LogP contribution in [-0.2, 0) is 9.53 Å². The summed E-state index contributed by atoms with van der Waals surface area (Å²) >= 11 is 0. The molecule has 0 spiro atoms. The summed E-state index contributed by atoms with van der Waals surface area (Å²) in [6.45, 7) is 7.22. The minimum Gasteiger partial charge on any atom is -0.376 e. The lowest BCUT2D eigenvalue weighted by atomic mass is 10.00. The molecule has 1 fully saturated rings. The summed E-state index contributed by atoms with van der Waals surface area (Å²) in [7, 11) is 0. The highest BCUT2D eigenvalue weighted by Gasteiger charge is 2.27. The average molecular weight is 347 g/mol. The Morgan fingerprint density at radius 2 is 1.84 bits per heavy atom. The highest BCUT2D eigenvalue weighted by molar-refractivity contribution is 5.74. The maximum absolute atomic E-state index is 12.1. The molecule has 0 radical (unpaired) electrons. The number of primary amides is 1. The van der Waals surface area contributed by atoms with Crippen molar-refractivity contribution in [2.24, 2.45) is 11.7 Å². The van der Waals surface area contributed by atoms with Crippen molar-refractivity contribution in [1.29, 1.82) is 0 Å². The summed E-state index contributed by atoms with van der Waals surface area (Å²) in [5.41, 5.74) is 7.55. The van der Waals surface area contributed by atoms with Gasteiger partial charge in [0.1, 0.15) is 0 Å². The van der Waals surface area contributed by atoms with Crippen molar-refractivity contribution >= 4 is 11.9 Å². The number of ether oxygens (including phenoxy) is 1. The van der Waals surface area contributed by atoms with Gasteiger partial charge >= 0.3 is 6.03 Å². The third-order valence-electron chi connectivity index (χ3n) is 4.59. The predicted octanol–water partition coefficient (Wildman–Crippen LogP) is 2.45. The van der Waals surface area contributed by atoms with Crippen LogP contribution in [-0.4, -0.2) is 31.2 Å². The number of hydrogen-bond donors (Lipinski definition) is 3. The normalized spacial score (nSPS) is 21.1. The summed E-state index contributed by atoms with van der Waals surface area (Å²) < 4.78 is 5.59. The fourth-order valence-electron chi connectivity index (χ4n) is 3.06. The number of carbonyl (C=O) groups is 2. The molecular formula is C19H29N3O3. The molecule has 1 aromatic rings. The molecule has 138 valence electrons. The van der Waals surface area contributed by atoms with Crippen molar-refractivity contribution in [3.8, 4) is 0 Å². The zero-order valence-electron chi connectivity index (χ0n) is 15.2. The summed E-state index contributed by atoms with van der Waals surface area (Å²) in [5, 5.41) is 5.77. The summed E-state index contributed by atoms with van der Waals surface area (Å²) in [6.07, 6.45) is 1.03. The molecule has 0 bridgehead atoms. The van der Waals surface area contributed by atoms with Crippen LogP contribution in [0.2, 0.25) is 0 Å². The number of benzene rings is 1. The number of amides is 3. The van der Waals surface area contributed by atoms with Gasteiger partial charge in [0, 0.05) is 13.0 Å². The van der Waals surface area contributed by atoms with E-state index in [9.17, 15) is 9.59 Å². The van der Waals surface area contributed by atoms with Crippen molar-refractivity contribution in [1.82, 2.24) is 10.6 Å². The van der Waals surface area contributed by atoms with Crippen molar-refractivity contribution < 1.29 is 14.3 Å². The molecule has 6 nitrogen and oxygen atoms in total. The van der Waals surface area contributed by atoms with Crippen LogP contribution in [0.3, 0.4) is 0 Å². The standard InChI is InChI=1S/C19H29N3O3/c1-12(2)15-4-6-16(7-5-15)13(3)22-19(24)21-10-17-8-14(11-25-17)9-18(20)23/h4-7,12-14,17H,8-11H2,1-3H3,(H2,20,23)(H2,21,22,24). The van der Waals surface area contributed by atoms with Gasteiger partial charge in [-0.25, -0.2) is 4.79 Å². The number of carbonyl (C=O) groups excluding carboxylic acids is 2. The van der Waals surface area contributed by atoms with E-state index in [1.807, 2.05) is 6.92 Å². The minimum absolute atomic E-state index is 0.0595. The van der Waals surface area contributed by atoms with Crippen LogP contribution >= 0.6 is 0 Å². The van der Waals surface area contributed by atoms with E-state index in [4.69, 9.17) is 10.5 Å². The molecule has 3 amide bonds. The Hall–Kier alpha value is -2.08. The van der Waals surface area contributed by atoms with Gasteiger partial charge in [0.15, 0.2) is 0 Å². The van der Waals surface area contributed by atoms with Gasteiger partial charge in [0.25, 0.3) is 0 Å². The summed E-state index contributed by atoms with van der Waals surface area (Å²) in [6, 6.07) is 8.00. The molecule has 1 aromatic carbocycles. The summed E-state index contributed by atoms with van der Waals surface area (Å²) in [4.78, 5) is 23.0. The topological polar surface area (TPSA) is 93.5 Å². The number of hydrogen-bond acceptors (Lipinski definition) is 3. The average Bonchev–Trinajstić information content (AvgIpc) is 2.99. The second kappa shape index (κ2) is 8.85. The SMILES string of the molecule is CC(C)c1ccc(C(C)NC(=O)NCC2CC(CC(N)=O)CO2)cc1. The Balaban J connectivity index is 1.73. The number of urea groups is 1. The largest absolute Gasteiger partial charge is 0.376 e. The third-order valence-corrected chi connectivity index (χ3v) is 4.59. The highest BCUT2D eigenvalue weighted by atomic mass is 16.5. The quantitative estimate of drug-likeness (QED) is 0.707. The maximum atomic E-state index is 12.1. The number of rotatable bonds is 7. The van der Waals surface area contributed by atoms with E-state index in [-0.39, 0.29) is 30.0 Å². The molecule has 1 saturated heterocycles. The van der Waals surface area contributed by atoms with E-state index < -0.39 is 0 Å². The molecule has 25 heavy (non-hydrogen) atoms. The first-order chi connectivity index (χ1) is 11.8. The van der Waals surface area contributed by atoms with Crippen molar-refractivity contribution in [2.45, 2.75) is 51.7 Å². The predicted molar refractivity (Wildman–Crippen MR) is 97.1 cm³/mol. The zero-order valence-corrected chi connectivity index (χ0v) is 15.2. The molecule has 3 atom stereocenters. The molecule has 1 heterocycles. The number of nitrogens with one attached hydrogen (secondary N) is 2. The van der Waals surface area contributed by atoms with Crippen molar-refractivity contribution in [2.75, 3.05) is 13.2 Å². The molecule has 0 aromatic heterocycles. The Morgan fingerprint density at radius 1 is 1.20 bits per heavy atom. The van der Waals surface area contributed by atoms with Crippen LogP contribution in [0.1, 0.15) is 56.7 Å². The lowest BCUT2D eigenvalue weighted by molar-refractivity contribution is -0.118. The molecule has 1 aliphatic heterocycles. The first-order valence-electron chi connectivity index (χ1n) is 8.89. The molecule has 3 unspecified atom stereocenters. The minimum atomic E-state index is -0.308. The lowest BCUT2D eigenvalue weighted by Gasteiger charge is -2.17. The van der Waals surface area contributed by atoms with Gasteiger partial charge in [0.05, 0.1) is 18.8 Å². The zero-order chi connectivity index (χ0) is 18.4. The highest BCUT2D eigenvalue weighted by Crippen LogP contribution is 2.22. The molecule has 0 saturated carbocycles. The Kier molecular flexibility index (Phi) is 6.82. The van der Waals surface area contributed by atoms with E-state index in [0.717, 1.165) is 12.0 Å². The fraction of sp³-hybridized carbons (Fsp3) is 0.579.